The summed E-state index contributed by atoms with van der Waals surface area (Å²) in [5.74, 6) is 0.137. The van der Waals surface area contributed by atoms with Crippen LogP contribution in [-0.4, -0.2) is 92.3 Å². The van der Waals surface area contributed by atoms with Gasteiger partial charge in [0.15, 0.2) is 5.60 Å². The molecule has 314 valence electrons. The van der Waals surface area contributed by atoms with Crippen molar-refractivity contribution in [3.8, 4) is 5.75 Å². The number of anilines is 1. The van der Waals surface area contributed by atoms with Crippen LogP contribution in [0.15, 0.2) is 36.4 Å². The number of aryl methyl sites for hydroxylation is 1. The van der Waals surface area contributed by atoms with Crippen LogP contribution in [0.3, 0.4) is 0 Å². The molecular weight excluding hydrogens is 748 g/mol. The Balaban J connectivity index is 1.27. The number of rotatable bonds is 10. The van der Waals surface area contributed by atoms with E-state index in [1.54, 1.807) is 50.9 Å². The molecule has 0 radical (unpaired) electrons. The fourth-order valence-corrected chi connectivity index (χ4v) is 9.48. The van der Waals surface area contributed by atoms with E-state index in [9.17, 15) is 19.5 Å². The molecule has 2 aromatic carbocycles. The van der Waals surface area contributed by atoms with Crippen LogP contribution in [0.1, 0.15) is 110 Å². The van der Waals surface area contributed by atoms with Crippen LogP contribution in [0.25, 0.3) is 0 Å². The number of ether oxygens (including phenoxy) is 5. The molecule has 0 bridgehead atoms. The molecule has 2 aliphatic carbocycles. The van der Waals surface area contributed by atoms with Gasteiger partial charge in [0.25, 0.3) is 0 Å². The molecule has 1 spiro atoms. The summed E-state index contributed by atoms with van der Waals surface area (Å²) in [5.41, 5.74) is -0.468. The predicted octanol–water partition coefficient (Wildman–Crippen LogP) is 7.98. The van der Waals surface area contributed by atoms with Gasteiger partial charge in [-0.05, 0) is 152 Å². The number of aliphatic hydroxyl groups is 1. The van der Waals surface area contributed by atoms with Gasteiger partial charge in [0, 0.05) is 43.7 Å². The highest BCUT2D eigenvalue weighted by Crippen LogP contribution is 2.48. The van der Waals surface area contributed by atoms with E-state index in [0.29, 0.717) is 49.8 Å². The Kier molecular flexibility index (Phi) is 12.8. The number of hydrogen-bond donors (Lipinski definition) is 1. The third kappa shape index (κ3) is 10.0. The molecular formula is C45H63ClN2O9. The molecule has 4 aliphatic rings. The molecule has 12 heteroatoms. The molecule has 2 fully saturated rings. The lowest BCUT2D eigenvalue weighted by Gasteiger charge is -2.48. The molecule has 1 amide bonds. The fraction of sp³-hybridized carbons (Fsp3) is 0.667. The van der Waals surface area contributed by atoms with Gasteiger partial charge in [-0.2, -0.15) is 0 Å². The van der Waals surface area contributed by atoms with Gasteiger partial charge >= 0.3 is 18.0 Å². The molecule has 6 rings (SSSR count). The first kappa shape index (κ1) is 43.0. The Labute approximate surface area is 343 Å². The van der Waals surface area contributed by atoms with Crippen molar-refractivity contribution in [2.45, 2.75) is 128 Å². The van der Waals surface area contributed by atoms with E-state index in [-0.39, 0.29) is 23.2 Å². The van der Waals surface area contributed by atoms with Gasteiger partial charge in [-0.1, -0.05) is 23.7 Å². The molecule has 1 saturated heterocycles. The standard InChI is InChI=1S/C45H63ClN2O9/c1-42(2,3)56-39(49)25-45(52,40(50)53-8)32-12-16-37-36(24-32)48(27-44(28-55-37)19-9-10-30-23-33(46)13-15-35(30)44)26-31-11-14-34(31)38-22-29(18-21-54-38)17-20-47(7)41(51)57-43(4,5)6/h12-13,15-16,23-24,29,31,34,38,52H,9-11,14,17-22,25-28H2,1-8H3/t29-,31+,34-,38+,44+,45-/m1/s1. The lowest BCUT2D eigenvalue weighted by atomic mass is 9.67. The summed E-state index contributed by atoms with van der Waals surface area (Å²) >= 11 is 6.50. The summed E-state index contributed by atoms with van der Waals surface area (Å²) in [7, 11) is 3.00. The predicted molar refractivity (Wildman–Crippen MR) is 219 cm³/mol. The molecule has 11 nitrogen and oxygen atoms in total. The van der Waals surface area contributed by atoms with Crippen molar-refractivity contribution < 1.29 is 43.2 Å². The Bertz CT molecular complexity index is 1790. The lowest BCUT2D eigenvalue weighted by Crippen LogP contribution is -2.50. The van der Waals surface area contributed by atoms with E-state index in [4.69, 9.17) is 35.3 Å². The number of hydrogen-bond acceptors (Lipinski definition) is 10. The minimum Gasteiger partial charge on any atom is -0.490 e. The van der Waals surface area contributed by atoms with E-state index in [1.807, 2.05) is 26.8 Å². The Hall–Kier alpha value is -3.54. The average molecular weight is 811 g/mol. The fourth-order valence-electron chi connectivity index (χ4n) is 9.28. The molecule has 0 aromatic heterocycles. The van der Waals surface area contributed by atoms with Crippen LogP contribution in [-0.2, 0) is 46.0 Å². The summed E-state index contributed by atoms with van der Waals surface area (Å²) in [6, 6.07) is 11.4. The van der Waals surface area contributed by atoms with Gasteiger partial charge in [-0.15, -0.1) is 0 Å². The van der Waals surface area contributed by atoms with Crippen molar-refractivity contribution in [1.29, 1.82) is 0 Å². The zero-order valence-electron chi connectivity index (χ0n) is 35.2. The van der Waals surface area contributed by atoms with E-state index >= 15 is 0 Å². The van der Waals surface area contributed by atoms with Crippen molar-refractivity contribution in [2.75, 3.05) is 51.9 Å². The number of fused-ring (bicyclic) bond motifs is 3. The van der Waals surface area contributed by atoms with Crippen LogP contribution in [0.2, 0.25) is 5.02 Å². The summed E-state index contributed by atoms with van der Waals surface area (Å²) in [5, 5.41) is 12.7. The van der Waals surface area contributed by atoms with Gasteiger partial charge in [0.1, 0.15) is 17.0 Å². The van der Waals surface area contributed by atoms with Crippen LogP contribution >= 0.6 is 11.6 Å². The first-order valence-corrected chi connectivity index (χ1v) is 21.1. The second-order valence-electron chi connectivity index (χ2n) is 18.9. The lowest BCUT2D eigenvalue weighted by molar-refractivity contribution is -0.175. The monoisotopic (exact) mass is 810 g/mol. The molecule has 6 atom stereocenters. The smallest absolute Gasteiger partial charge is 0.410 e. The molecule has 57 heavy (non-hydrogen) atoms. The summed E-state index contributed by atoms with van der Waals surface area (Å²) in [6.45, 7) is 14.0. The maximum absolute atomic E-state index is 13.3. The Morgan fingerprint density at radius 1 is 1.02 bits per heavy atom. The number of nitrogens with zero attached hydrogens (tertiary/aromatic N) is 2. The summed E-state index contributed by atoms with van der Waals surface area (Å²) in [4.78, 5) is 43.1. The number of carbonyl (C=O) groups is 3. The van der Waals surface area contributed by atoms with E-state index in [0.717, 1.165) is 68.6 Å². The first-order valence-electron chi connectivity index (χ1n) is 20.7. The molecule has 1 saturated carbocycles. The number of amides is 1. The van der Waals surface area contributed by atoms with Crippen LogP contribution < -0.4 is 9.64 Å². The molecule has 2 heterocycles. The number of esters is 2. The maximum Gasteiger partial charge on any atom is 0.410 e. The second-order valence-corrected chi connectivity index (χ2v) is 19.3. The number of carbonyl (C=O) groups excluding carboxylic acids is 3. The molecule has 2 aromatic rings. The molecule has 1 N–H and O–H groups in total. The van der Waals surface area contributed by atoms with E-state index < -0.39 is 35.2 Å². The topological polar surface area (TPSA) is 124 Å². The van der Waals surface area contributed by atoms with Gasteiger partial charge < -0.3 is 38.6 Å². The molecule has 2 aliphatic heterocycles. The number of benzene rings is 2. The average Bonchev–Trinajstić information content (AvgIpc) is 3.27. The van der Waals surface area contributed by atoms with E-state index in [1.165, 1.54) is 18.2 Å². The van der Waals surface area contributed by atoms with Crippen molar-refractivity contribution in [2.24, 2.45) is 17.8 Å². The normalized spacial score (nSPS) is 25.8. The third-order valence-corrected chi connectivity index (χ3v) is 12.5. The van der Waals surface area contributed by atoms with Crippen LogP contribution in [0.5, 0.6) is 5.75 Å². The zero-order chi connectivity index (χ0) is 41.3. The van der Waals surface area contributed by atoms with Gasteiger partial charge in [0.05, 0.1) is 31.9 Å². The molecule has 0 unspecified atom stereocenters. The largest absolute Gasteiger partial charge is 0.490 e. The summed E-state index contributed by atoms with van der Waals surface area (Å²) in [6.07, 6.45) is 7.02. The van der Waals surface area contributed by atoms with Crippen molar-refractivity contribution >= 4 is 35.3 Å². The highest BCUT2D eigenvalue weighted by Gasteiger charge is 2.47. The van der Waals surface area contributed by atoms with Crippen molar-refractivity contribution in [3.63, 3.8) is 0 Å². The highest BCUT2D eigenvalue weighted by molar-refractivity contribution is 6.30. The minimum absolute atomic E-state index is 0.119. The van der Waals surface area contributed by atoms with Crippen LogP contribution in [0, 0.1) is 17.8 Å². The second kappa shape index (κ2) is 17.0. The van der Waals surface area contributed by atoms with E-state index in [2.05, 4.69) is 17.0 Å². The highest BCUT2D eigenvalue weighted by atomic mass is 35.5. The zero-order valence-corrected chi connectivity index (χ0v) is 35.9. The van der Waals surface area contributed by atoms with Crippen molar-refractivity contribution in [1.82, 2.24) is 4.90 Å². The first-order chi connectivity index (χ1) is 26.8. The number of halogens is 1. The summed E-state index contributed by atoms with van der Waals surface area (Å²) < 4.78 is 29.4. The Morgan fingerprint density at radius 3 is 2.46 bits per heavy atom. The van der Waals surface area contributed by atoms with Gasteiger partial charge in [0.2, 0.25) is 0 Å². The Morgan fingerprint density at radius 2 is 1.77 bits per heavy atom. The van der Waals surface area contributed by atoms with Gasteiger partial charge in [-0.25, -0.2) is 9.59 Å². The maximum atomic E-state index is 13.3. The number of methoxy groups -OCH3 is 1. The minimum atomic E-state index is -2.28. The third-order valence-electron chi connectivity index (χ3n) is 12.3. The quantitative estimate of drug-likeness (QED) is 0.187. The van der Waals surface area contributed by atoms with Gasteiger partial charge in [-0.3, -0.25) is 4.79 Å². The van der Waals surface area contributed by atoms with Crippen LogP contribution in [0.4, 0.5) is 10.5 Å². The van der Waals surface area contributed by atoms with Crippen molar-refractivity contribution in [3.05, 3.63) is 58.1 Å². The SMILES string of the molecule is COC(=O)[C@@](O)(CC(=O)OC(C)(C)C)c1ccc2c(c1)N(C[C@@H]1CC[C@H]1[C@@H]1C[C@H](CCN(C)C(=O)OC(C)(C)C)CCO1)C[C@@]1(CCCc3cc(Cl)ccc31)CO2.